The van der Waals surface area contributed by atoms with Crippen molar-refractivity contribution in [3.8, 4) is 10.6 Å². The Morgan fingerprint density at radius 1 is 1.38 bits per heavy atom. The number of halogens is 1. The van der Waals surface area contributed by atoms with Crippen molar-refractivity contribution in [2.45, 2.75) is 6.92 Å². The molecule has 3 nitrogen and oxygen atoms in total. The Labute approximate surface area is 84.4 Å². The molecule has 2 rings (SSSR count). The summed E-state index contributed by atoms with van der Waals surface area (Å²) in [5, 5.41) is 10.2. The maximum absolute atomic E-state index is 5.91. The molecule has 0 unspecified atom stereocenters. The highest BCUT2D eigenvalue weighted by molar-refractivity contribution is 7.13. The van der Waals surface area contributed by atoms with Crippen molar-refractivity contribution < 1.29 is 0 Å². The largest absolute Gasteiger partial charge is 0.217 e. The number of nitrogens with zero attached hydrogens (tertiary/aromatic N) is 3. The smallest absolute Gasteiger partial charge is 0.160 e. The van der Waals surface area contributed by atoms with Crippen LogP contribution in [-0.4, -0.2) is 15.2 Å². The molecule has 0 spiro atoms. The fourth-order valence-electron chi connectivity index (χ4n) is 0.945. The number of hydrogen-bond donors (Lipinski definition) is 0. The summed E-state index contributed by atoms with van der Waals surface area (Å²) in [6.07, 6.45) is 0. The van der Waals surface area contributed by atoms with Crippen LogP contribution in [0, 0.1) is 6.92 Å². The lowest BCUT2D eigenvalue weighted by atomic mass is 10.4. The third-order valence-electron chi connectivity index (χ3n) is 1.50. The highest BCUT2D eigenvalue weighted by atomic mass is 35.5. The molecule has 0 fully saturated rings. The summed E-state index contributed by atoms with van der Waals surface area (Å²) in [4.78, 5) is 5.02. The van der Waals surface area contributed by atoms with Crippen molar-refractivity contribution in [1.29, 1.82) is 0 Å². The maximum atomic E-state index is 5.91. The van der Waals surface area contributed by atoms with Crippen LogP contribution in [0.5, 0.6) is 0 Å². The molecule has 0 bridgehead atoms. The quantitative estimate of drug-likeness (QED) is 0.728. The van der Waals surface area contributed by atoms with Gasteiger partial charge in [-0.05, 0) is 18.4 Å². The minimum atomic E-state index is 0.412. The van der Waals surface area contributed by atoms with Crippen LogP contribution in [0.2, 0.25) is 5.15 Å². The third-order valence-corrected chi connectivity index (χ3v) is 2.64. The Hall–Kier alpha value is -1.00. The van der Waals surface area contributed by atoms with Gasteiger partial charge in [-0.3, -0.25) is 0 Å². The van der Waals surface area contributed by atoms with E-state index < -0.39 is 0 Å². The summed E-state index contributed by atoms with van der Waals surface area (Å²) in [6.45, 7) is 1.76. The summed E-state index contributed by atoms with van der Waals surface area (Å²) in [5.41, 5.74) is 0.655. The van der Waals surface area contributed by atoms with Crippen LogP contribution in [0.25, 0.3) is 10.6 Å². The van der Waals surface area contributed by atoms with Gasteiger partial charge in [0.25, 0.3) is 0 Å². The van der Waals surface area contributed by atoms with E-state index in [0.29, 0.717) is 16.7 Å². The molecule has 0 aliphatic carbocycles. The molecule has 0 N–H and O–H groups in total. The molecule has 0 radical (unpaired) electrons. The molecule has 2 aromatic heterocycles. The van der Waals surface area contributed by atoms with Gasteiger partial charge in [0.1, 0.15) is 11.5 Å². The van der Waals surface area contributed by atoms with Crippen LogP contribution in [0.4, 0.5) is 0 Å². The van der Waals surface area contributed by atoms with Crippen LogP contribution in [0.3, 0.4) is 0 Å². The van der Waals surface area contributed by atoms with E-state index >= 15 is 0 Å². The van der Waals surface area contributed by atoms with Gasteiger partial charge in [-0.2, -0.15) is 0 Å². The Morgan fingerprint density at radius 2 is 2.23 bits per heavy atom. The first kappa shape index (κ1) is 8.59. The summed E-state index contributed by atoms with van der Waals surface area (Å²) < 4.78 is 0. The fourth-order valence-corrected chi connectivity index (χ4v) is 1.97. The zero-order valence-corrected chi connectivity index (χ0v) is 8.43. The molecule has 0 amide bonds. The number of thiophene rings is 1. The molecule has 13 heavy (non-hydrogen) atoms. The first-order valence-electron chi connectivity index (χ1n) is 3.68. The molecule has 0 aromatic carbocycles. The zero-order valence-electron chi connectivity index (χ0n) is 6.86. The second kappa shape index (κ2) is 3.40. The lowest BCUT2D eigenvalue weighted by molar-refractivity contribution is 0.916. The van der Waals surface area contributed by atoms with Crippen molar-refractivity contribution in [2.24, 2.45) is 0 Å². The summed E-state index contributed by atoms with van der Waals surface area (Å²) in [6, 6.07) is 3.88. The summed E-state index contributed by atoms with van der Waals surface area (Å²) in [5.74, 6) is 0.588. The molecule has 66 valence electrons. The molecule has 0 saturated carbocycles. The van der Waals surface area contributed by atoms with Gasteiger partial charge in [-0.1, -0.05) is 17.7 Å². The molecule has 0 saturated heterocycles. The lowest BCUT2D eigenvalue weighted by Crippen LogP contribution is -1.94. The van der Waals surface area contributed by atoms with E-state index in [1.54, 1.807) is 18.3 Å². The second-order valence-corrected chi connectivity index (χ2v) is 3.78. The topological polar surface area (TPSA) is 38.7 Å². The summed E-state index contributed by atoms with van der Waals surface area (Å²) >= 11 is 7.48. The average molecular weight is 212 g/mol. The molecule has 0 atom stereocenters. The normalized spacial score (nSPS) is 10.3. The van der Waals surface area contributed by atoms with E-state index in [2.05, 4.69) is 15.2 Å². The number of aromatic nitrogens is 3. The van der Waals surface area contributed by atoms with Gasteiger partial charge < -0.3 is 0 Å². The minimum Gasteiger partial charge on any atom is -0.217 e. The van der Waals surface area contributed by atoms with Crippen LogP contribution < -0.4 is 0 Å². The fraction of sp³-hybridized carbons (Fsp3) is 0.125. The van der Waals surface area contributed by atoms with Gasteiger partial charge in [0.05, 0.1) is 4.88 Å². The second-order valence-electron chi connectivity index (χ2n) is 2.48. The highest BCUT2D eigenvalue weighted by Crippen LogP contribution is 2.26. The van der Waals surface area contributed by atoms with E-state index in [1.807, 2.05) is 17.5 Å². The average Bonchev–Trinajstić information content (AvgIpc) is 2.56. The maximum Gasteiger partial charge on any atom is 0.160 e. The Bertz CT molecular complexity index is 413. The van der Waals surface area contributed by atoms with Gasteiger partial charge in [0.15, 0.2) is 5.15 Å². The Kier molecular flexibility index (Phi) is 2.24. The number of rotatable bonds is 1. The van der Waals surface area contributed by atoms with Gasteiger partial charge in [0.2, 0.25) is 0 Å². The number of hydrogen-bond acceptors (Lipinski definition) is 4. The Balaban J connectivity index is 2.53. The van der Waals surface area contributed by atoms with Gasteiger partial charge >= 0.3 is 0 Å². The Morgan fingerprint density at radius 3 is 2.85 bits per heavy atom. The van der Waals surface area contributed by atoms with Crippen molar-refractivity contribution in [3.05, 3.63) is 28.5 Å². The molecule has 2 aromatic rings. The van der Waals surface area contributed by atoms with E-state index in [9.17, 15) is 0 Å². The van der Waals surface area contributed by atoms with E-state index in [0.717, 1.165) is 4.88 Å². The van der Waals surface area contributed by atoms with Crippen LogP contribution in [0.1, 0.15) is 5.82 Å². The minimum absolute atomic E-state index is 0.412. The van der Waals surface area contributed by atoms with Crippen molar-refractivity contribution in [3.63, 3.8) is 0 Å². The standard InChI is InChI=1S/C8H6ClN3S/c1-5-10-8(9)7(12-11-5)6-3-2-4-13-6/h2-4H,1H3. The van der Waals surface area contributed by atoms with E-state index in [4.69, 9.17) is 11.6 Å². The summed E-state index contributed by atoms with van der Waals surface area (Å²) in [7, 11) is 0. The highest BCUT2D eigenvalue weighted by Gasteiger charge is 2.07. The molecule has 0 aliphatic rings. The van der Waals surface area contributed by atoms with Gasteiger partial charge in [-0.15, -0.1) is 21.5 Å². The van der Waals surface area contributed by atoms with Crippen LogP contribution in [-0.2, 0) is 0 Å². The monoisotopic (exact) mass is 211 g/mol. The van der Waals surface area contributed by atoms with Crippen molar-refractivity contribution >= 4 is 22.9 Å². The number of aryl methyl sites for hydroxylation is 1. The van der Waals surface area contributed by atoms with Crippen LogP contribution >= 0.6 is 22.9 Å². The molecular weight excluding hydrogens is 206 g/mol. The van der Waals surface area contributed by atoms with Gasteiger partial charge in [-0.25, -0.2) is 4.98 Å². The van der Waals surface area contributed by atoms with Crippen molar-refractivity contribution in [1.82, 2.24) is 15.2 Å². The molecule has 5 heteroatoms. The predicted octanol–water partition coefficient (Wildman–Crippen LogP) is 2.56. The molecule has 2 heterocycles. The SMILES string of the molecule is Cc1nnc(-c2cccs2)c(Cl)n1. The van der Waals surface area contributed by atoms with Crippen LogP contribution in [0.15, 0.2) is 17.5 Å². The van der Waals surface area contributed by atoms with E-state index in [1.165, 1.54) is 0 Å². The predicted molar refractivity (Wildman–Crippen MR) is 52.9 cm³/mol. The van der Waals surface area contributed by atoms with E-state index in [-0.39, 0.29) is 0 Å². The van der Waals surface area contributed by atoms with Gasteiger partial charge in [0, 0.05) is 0 Å². The first-order chi connectivity index (χ1) is 6.27. The lowest BCUT2D eigenvalue weighted by Gasteiger charge is -1.97. The first-order valence-corrected chi connectivity index (χ1v) is 4.94. The molecular formula is C8H6ClN3S. The zero-order chi connectivity index (χ0) is 9.26. The third kappa shape index (κ3) is 1.68. The van der Waals surface area contributed by atoms with Crippen molar-refractivity contribution in [2.75, 3.05) is 0 Å². The molecule has 0 aliphatic heterocycles.